The molecule has 0 bridgehead atoms. The van der Waals surface area contributed by atoms with Gasteiger partial charge in [0.15, 0.2) is 0 Å². The Hall–Kier alpha value is -6.52. The van der Waals surface area contributed by atoms with Crippen molar-refractivity contribution in [2.75, 3.05) is 9.80 Å². The molecule has 0 fully saturated rings. The largest absolute Gasteiger partial charge is 0.464 e. The maximum Gasteiger partial charge on any atom is 0.133 e. The minimum Gasteiger partial charge on any atom is -0.464 e. The summed E-state index contributed by atoms with van der Waals surface area (Å²) in [6, 6.07) is 63.2. The summed E-state index contributed by atoms with van der Waals surface area (Å²) in [7, 11) is 0. The summed E-state index contributed by atoms with van der Waals surface area (Å²) in [6.07, 6.45) is 3.41. The molecule has 4 heteroatoms. The maximum absolute atomic E-state index is 5.61. The smallest absolute Gasteiger partial charge is 0.133 e. The van der Waals surface area contributed by atoms with E-state index in [1.54, 1.807) is 12.5 Å². The molecule has 0 N–H and O–H groups in total. The third-order valence-corrected chi connectivity index (χ3v) is 8.48. The first-order valence-corrected chi connectivity index (χ1v) is 16.0. The van der Waals surface area contributed by atoms with Gasteiger partial charge in [0, 0.05) is 45.3 Å². The molecule has 0 aliphatic rings. The summed E-state index contributed by atoms with van der Waals surface area (Å²) < 4.78 is 11.2. The van der Waals surface area contributed by atoms with Gasteiger partial charge in [0.25, 0.3) is 0 Å². The second-order valence-electron chi connectivity index (χ2n) is 11.5. The zero-order valence-corrected chi connectivity index (χ0v) is 26.2. The van der Waals surface area contributed by atoms with Crippen molar-refractivity contribution in [1.29, 1.82) is 0 Å². The monoisotopic (exact) mass is 620 g/mol. The molecule has 4 nitrogen and oxygen atoms in total. The van der Waals surface area contributed by atoms with Gasteiger partial charge in [-0.05, 0) is 132 Å². The Morgan fingerprint density at radius 2 is 0.542 bits per heavy atom. The second kappa shape index (κ2) is 13.1. The first-order chi connectivity index (χ1) is 23.8. The predicted molar refractivity (Wildman–Crippen MR) is 197 cm³/mol. The van der Waals surface area contributed by atoms with Crippen LogP contribution in [0.5, 0.6) is 0 Å². The van der Waals surface area contributed by atoms with E-state index in [0.717, 1.165) is 67.9 Å². The highest BCUT2D eigenvalue weighted by Gasteiger charge is 2.15. The van der Waals surface area contributed by atoms with Crippen LogP contribution in [0.2, 0.25) is 0 Å². The number of furan rings is 2. The molecular weight excluding hydrogens is 588 g/mol. The van der Waals surface area contributed by atoms with Crippen LogP contribution in [0, 0.1) is 0 Å². The summed E-state index contributed by atoms with van der Waals surface area (Å²) in [6.45, 7) is 0. The molecule has 0 saturated heterocycles. The first kappa shape index (κ1) is 28.9. The van der Waals surface area contributed by atoms with Crippen molar-refractivity contribution in [3.63, 3.8) is 0 Å². The molecule has 0 amide bonds. The van der Waals surface area contributed by atoms with Crippen molar-refractivity contribution in [1.82, 2.24) is 0 Å². The zero-order chi connectivity index (χ0) is 32.1. The SMILES string of the molecule is c1ccc(N(c2ccc(-c3ccc(N(c4ccccc4)c4ccc(-c5ccco5)cc4)cc3)cc2)c2ccc(-c3ccco3)cc2)cc1. The van der Waals surface area contributed by atoms with Crippen molar-refractivity contribution in [3.8, 4) is 33.8 Å². The zero-order valence-electron chi connectivity index (χ0n) is 26.2. The van der Waals surface area contributed by atoms with Gasteiger partial charge < -0.3 is 18.6 Å². The number of para-hydroxylation sites is 2. The van der Waals surface area contributed by atoms with E-state index >= 15 is 0 Å². The van der Waals surface area contributed by atoms with Gasteiger partial charge in [0.1, 0.15) is 11.5 Å². The minimum absolute atomic E-state index is 0.859. The van der Waals surface area contributed by atoms with Gasteiger partial charge in [-0.1, -0.05) is 60.7 Å². The fraction of sp³-hybridized carbons (Fsp3) is 0. The van der Waals surface area contributed by atoms with E-state index in [2.05, 4.69) is 155 Å². The molecule has 0 saturated carbocycles. The van der Waals surface area contributed by atoms with E-state index in [0.29, 0.717) is 0 Å². The topological polar surface area (TPSA) is 32.8 Å². The van der Waals surface area contributed by atoms with Crippen molar-refractivity contribution in [2.45, 2.75) is 0 Å². The summed E-state index contributed by atoms with van der Waals surface area (Å²) >= 11 is 0. The standard InChI is InChI=1S/C44H32N2O2/c1-3-9-37(10-4-1)45(41-27-19-35(20-28-41)43-13-7-31-47-43)39-23-15-33(16-24-39)34-17-25-40(26-18-34)46(38-11-5-2-6-12-38)42-29-21-36(22-30-42)44-14-8-32-48-44/h1-32H. The number of hydrogen-bond donors (Lipinski definition) is 0. The quantitative estimate of drug-likeness (QED) is 0.161. The lowest BCUT2D eigenvalue weighted by atomic mass is 10.0. The molecule has 0 aliphatic carbocycles. The Morgan fingerprint density at radius 3 is 0.833 bits per heavy atom. The van der Waals surface area contributed by atoms with E-state index in [9.17, 15) is 0 Å². The van der Waals surface area contributed by atoms with Crippen LogP contribution in [-0.2, 0) is 0 Å². The van der Waals surface area contributed by atoms with Crippen molar-refractivity contribution < 1.29 is 8.83 Å². The van der Waals surface area contributed by atoms with Crippen LogP contribution < -0.4 is 9.80 Å². The molecule has 0 unspecified atom stereocenters. The van der Waals surface area contributed by atoms with Gasteiger partial charge in [-0.3, -0.25) is 0 Å². The Morgan fingerprint density at radius 1 is 0.250 bits per heavy atom. The lowest BCUT2D eigenvalue weighted by Gasteiger charge is -2.26. The molecule has 2 heterocycles. The fourth-order valence-corrected chi connectivity index (χ4v) is 6.09. The molecule has 8 aromatic rings. The lowest BCUT2D eigenvalue weighted by Crippen LogP contribution is -2.10. The molecular formula is C44H32N2O2. The van der Waals surface area contributed by atoms with E-state index in [1.165, 1.54) is 0 Å². The number of rotatable bonds is 9. The molecule has 0 atom stereocenters. The second-order valence-corrected chi connectivity index (χ2v) is 11.5. The summed E-state index contributed by atoms with van der Waals surface area (Å²) in [5, 5.41) is 0. The van der Waals surface area contributed by atoms with E-state index in [1.807, 2.05) is 36.4 Å². The van der Waals surface area contributed by atoms with Crippen molar-refractivity contribution >= 4 is 34.1 Å². The molecule has 48 heavy (non-hydrogen) atoms. The number of anilines is 6. The van der Waals surface area contributed by atoms with Gasteiger partial charge in [0.05, 0.1) is 12.5 Å². The minimum atomic E-state index is 0.859. The normalized spacial score (nSPS) is 10.9. The van der Waals surface area contributed by atoms with Crippen molar-refractivity contribution in [3.05, 3.63) is 195 Å². The lowest BCUT2D eigenvalue weighted by molar-refractivity contribution is 0.582. The fourth-order valence-electron chi connectivity index (χ4n) is 6.09. The number of benzene rings is 6. The average molecular weight is 621 g/mol. The van der Waals surface area contributed by atoms with E-state index < -0.39 is 0 Å². The molecule has 6 aromatic carbocycles. The van der Waals surface area contributed by atoms with Crippen LogP contribution in [0.4, 0.5) is 34.1 Å². The van der Waals surface area contributed by atoms with Gasteiger partial charge in [-0.15, -0.1) is 0 Å². The van der Waals surface area contributed by atoms with E-state index in [4.69, 9.17) is 8.83 Å². The van der Waals surface area contributed by atoms with Crippen LogP contribution >= 0.6 is 0 Å². The van der Waals surface area contributed by atoms with Crippen LogP contribution in [-0.4, -0.2) is 0 Å². The summed E-state index contributed by atoms with van der Waals surface area (Å²) in [5.41, 5.74) is 10.9. The van der Waals surface area contributed by atoms with E-state index in [-0.39, 0.29) is 0 Å². The van der Waals surface area contributed by atoms with Crippen LogP contribution in [0.25, 0.3) is 33.8 Å². The van der Waals surface area contributed by atoms with Crippen LogP contribution in [0.1, 0.15) is 0 Å². The highest BCUT2D eigenvalue weighted by atomic mass is 16.3. The Labute approximate surface area is 280 Å². The number of hydrogen-bond acceptors (Lipinski definition) is 4. The van der Waals surface area contributed by atoms with Crippen LogP contribution in [0.15, 0.2) is 203 Å². The molecule has 8 rings (SSSR count). The summed E-state index contributed by atoms with van der Waals surface area (Å²) in [5.74, 6) is 1.72. The Bertz CT molecular complexity index is 2010. The third kappa shape index (κ3) is 5.91. The highest BCUT2D eigenvalue weighted by molar-refractivity contribution is 5.81. The van der Waals surface area contributed by atoms with Gasteiger partial charge >= 0.3 is 0 Å². The maximum atomic E-state index is 5.61. The molecule has 0 radical (unpaired) electrons. The van der Waals surface area contributed by atoms with Gasteiger partial charge in [-0.2, -0.15) is 0 Å². The summed E-state index contributed by atoms with van der Waals surface area (Å²) in [4.78, 5) is 4.54. The molecule has 2 aromatic heterocycles. The Balaban J connectivity index is 1.08. The van der Waals surface area contributed by atoms with Gasteiger partial charge in [0.2, 0.25) is 0 Å². The number of nitrogens with zero attached hydrogens (tertiary/aromatic N) is 2. The predicted octanol–water partition coefficient (Wildman–Crippen LogP) is 12.8. The third-order valence-electron chi connectivity index (χ3n) is 8.48. The first-order valence-electron chi connectivity index (χ1n) is 16.0. The molecule has 0 aliphatic heterocycles. The van der Waals surface area contributed by atoms with Crippen LogP contribution in [0.3, 0.4) is 0 Å². The van der Waals surface area contributed by atoms with Crippen molar-refractivity contribution in [2.24, 2.45) is 0 Å². The molecule has 0 spiro atoms. The van der Waals surface area contributed by atoms with Gasteiger partial charge in [-0.25, -0.2) is 0 Å². The Kier molecular flexibility index (Phi) is 7.87. The molecule has 230 valence electrons. The average Bonchev–Trinajstić information content (AvgIpc) is 3.91. The highest BCUT2D eigenvalue weighted by Crippen LogP contribution is 2.39.